The van der Waals surface area contributed by atoms with Gasteiger partial charge in [0, 0.05) is 25.7 Å². The number of rotatable bonds is 3. The Morgan fingerprint density at radius 2 is 1.96 bits per heavy atom. The van der Waals surface area contributed by atoms with Crippen molar-refractivity contribution in [3.63, 3.8) is 0 Å². The van der Waals surface area contributed by atoms with Crippen LogP contribution < -0.4 is 5.32 Å². The number of nitrogens with zero attached hydrogens (tertiary/aromatic N) is 2. The molecule has 2 atom stereocenters. The van der Waals surface area contributed by atoms with Gasteiger partial charge in [0.25, 0.3) is 0 Å². The molecule has 0 bridgehead atoms. The van der Waals surface area contributed by atoms with Crippen molar-refractivity contribution in [3.8, 4) is 0 Å². The number of carboxylic acids is 1. The maximum atomic E-state index is 13.1. The van der Waals surface area contributed by atoms with Gasteiger partial charge in [-0.15, -0.1) is 0 Å². The van der Waals surface area contributed by atoms with Crippen LogP contribution in [0.25, 0.3) is 0 Å². The van der Waals surface area contributed by atoms with Crippen LogP contribution in [0.2, 0.25) is 0 Å². The van der Waals surface area contributed by atoms with Crippen molar-refractivity contribution in [2.24, 2.45) is 0 Å². The van der Waals surface area contributed by atoms with E-state index in [1.54, 1.807) is 9.80 Å². The predicted octanol–water partition coefficient (Wildman–Crippen LogP) is 1.78. The van der Waals surface area contributed by atoms with Crippen LogP contribution in [0.15, 0.2) is 24.3 Å². The molecule has 1 saturated heterocycles. The maximum absolute atomic E-state index is 13.1. The van der Waals surface area contributed by atoms with Gasteiger partial charge in [-0.3, -0.25) is 9.59 Å². The fourth-order valence-corrected chi connectivity index (χ4v) is 3.79. The van der Waals surface area contributed by atoms with Crippen molar-refractivity contribution in [2.45, 2.75) is 51.2 Å². The van der Waals surface area contributed by atoms with Crippen LogP contribution in [0.1, 0.15) is 43.7 Å². The van der Waals surface area contributed by atoms with Crippen LogP contribution in [-0.4, -0.2) is 58.0 Å². The monoisotopic (exact) mass is 359 g/mol. The molecule has 140 valence electrons. The lowest BCUT2D eigenvalue weighted by Gasteiger charge is -2.36. The number of carboxylic acid groups (broad SMARTS) is 1. The van der Waals surface area contributed by atoms with Crippen molar-refractivity contribution in [1.82, 2.24) is 15.1 Å². The van der Waals surface area contributed by atoms with E-state index in [1.807, 2.05) is 38.1 Å². The summed E-state index contributed by atoms with van der Waals surface area (Å²) in [6.07, 6.45) is 1.38. The molecule has 1 aromatic rings. The fraction of sp³-hybridized carbons (Fsp3) is 0.526. The molecule has 0 radical (unpaired) electrons. The second kappa shape index (κ2) is 7.35. The zero-order valence-corrected chi connectivity index (χ0v) is 15.1. The standard InChI is InChI=1S/C19H25N3O4/c1-12(2)20-19(26)22-9-5-8-16(22)17(23)21-10-13-6-3-4-7-14(13)15(11-21)18(24)25/h3-4,6-7,12,15-16H,5,8-11H2,1-2H3,(H,20,26)(H,24,25)/t15?,16-/m0/s1. The molecular formula is C19H25N3O4. The smallest absolute Gasteiger partial charge is 0.318 e. The predicted molar refractivity (Wildman–Crippen MR) is 95.6 cm³/mol. The van der Waals surface area contributed by atoms with Gasteiger partial charge in [0.05, 0.1) is 5.92 Å². The van der Waals surface area contributed by atoms with Crippen molar-refractivity contribution in [1.29, 1.82) is 0 Å². The van der Waals surface area contributed by atoms with Crippen LogP contribution in [-0.2, 0) is 16.1 Å². The number of hydrogen-bond acceptors (Lipinski definition) is 3. The largest absolute Gasteiger partial charge is 0.481 e. The summed E-state index contributed by atoms with van der Waals surface area (Å²) in [5.74, 6) is -1.83. The number of nitrogens with one attached hydrogen (secondary N) is 1. The lowest BCUT2D eigenvalue weighted by molar-refractivity contribution is -0.142. The SMILES string of the molecule is CC(C)NC(=O)N1CCC[C@H]1C(=O)N1Cc2ccccc2C(C(=O)O)C1. The Morgan fingerprint density at radius 1 is 1.23 bits per heavy atom. The zero-order valence-electron chi connectivity index (χ0n) is 15.1. The fourth-order valence-electron chi connectivity index (χ4n) is 3.79. The molecule has 1 fully saturated rings. The summed E-state index contributed by atoms with van der Waals surface area (Å²) in [5.41, 5.74) is 1.63. The van der Waals surface area contributed by atoms with Crippen molar-refractivity contribution in [3.05, 3.63) is 35.4 Å². The Labute approximate surface area is 153 Å². The van der Waals surface area contributed by atoms with Gasteiger partial charge in [-0.2, -0.15) is 0 Å². The number of hydrogen-bond donors (Lipinski definition) is 2. The van der Waals surface area contributed by atoms with Gasteiger partial charge < -0.3 is 20.2 Å². The Morgan fingerprint density at radius 3 is 2.65 bits per heavy atom. The van der Waals surface area contributed by atoms with Crippen molar-refractivity contribution in [2.75, 3.05) is 13.1 Å². The first kappa shape index (κ1) is 18.2. The summed E-state index contributed by atoms with van der Waals surface area (Å²) in [4.78, 5) is 40.3. The van der Waals surface area contributed by atoms with E-state index in [9.17, 15) is 19.5 Å². The number of carbonyl (C=O) groups is 3. The van der Waals surface area contributed by atoms with Gasteiger partial charge >= 0.3 is 12.0 Å². The van der Waals surface area contributed by atoms with Crippen LogP contribution in [0, 0.1) is 0 Å². The van der Waals surface area contributed by atoms with Crippen molar-refractivity contribution >= 4 is 17.9 Å². The van der Waals surface area contributed by atoms with E-state index in [-0.39, 0.29) is 24.5 Å². The second-order valence-corrected chi connectivity index (χ2v) is 7.26. The van der Waals surface area contributed by atoms with Crippen molar-refractivity contribution < 1.29 is 19.5 Å². The van der Waals surface area contributed by atoms with E-state index in [2.05, 4.69) is 5.32 Å². The van der Waals surface area contributed by atoms with Gasteiger partial charge in [0.15, 0.2) is 0 Å². The molecular weight excluding hydrogens is 334 g/mol. The Kier molecular flexibility index (Phi) is 5.15. The maximum Gasteiger partial charge on any atom is 0.318 e. The van der Waals surface area contributed by atoms with Gasteiger partial charge in [-0.25, -0.2) is 4.79 Å². The molecule has 26 heavy (non-hydrogen) atoms. The van der Waals surface area contributed by atoms with Gasteiger partial charge in [0.2, 0.25) is 5.91 Å². The Bertz CT molecular complexity index is 718. The van der Waals surface area contributed by atoms with Crippen LogP contribution in [0.3, 0.4) is 0 Å². The van der Waals surface area contributed by atoms with Crippen LogP contribution in [0.5, 0.6) is 0 Å². The summed E-state index contributed by atoms with van der Waals surface area (Å²) in [5, 5.41) is 12.4. The lowest BCUT2D eigenvalue weighted by Crippen LogP contribution is -2.53. The molecule has 3 rings (SSSR count). The highest BCUT2D eigenvalue weighted by Crippen LogP contribution is 2.30. The van der Waals surface area contributed by atoms with E-state index < -0.39 is 17.9 Å². The summed E-state index contributed by atoms with van der Waals surface area (Å²) in [7, 11) is 0. The third-order valence-corrected chi connectivity index (χ3v) is 5.02. The van der Waals surface area contributed by atoms with Gasteiger partial charge in [-0.05, 0) is 37.8 Å². The average molecular weight is 359 g/mol. The van der Waals surface area contributed by atoms with Crippen LogP contribution in [0.4, 0.5) is 4.79 Å². The minimum Gasteiger partial charge on any atom is -0.481 e. The number of fused-ring (bicyclic) bond motifs is 1. The first-order valence-electron chi connectivity index (χ1n) is 9.05. The van der Waals surface area contributed by atoms with E-state index in [4.69, 9.17) is 0 Å². The molecule has 7 heteroatoms. The quantitative estimate of drug-likeness (QED) is 0.861. The highest BCUT2D eigenvalue weighted by Gasteiger charge is 2.40. The van der Waals surface area contributed by atoms with E-state index in [0.717, 1.165) is 17.5 Å². The molecule has 0 aliphatic carbocycles. The molecule has 2 N–H and O–H groups in total. The van der Waals surface area contributed by atoms with Gasteiger partial charge in [0.1, 0.15) is 6.04 Å². The normalized spacial score (nSPS) is 22.3. The lowest BCUT2D eigenvalue weighted by atomic mass is 9.89. The first-order chi connectivity index (χ1) is 12.4. The second-order valence-electron chi connectivity index (χ2n) is 7.26. The first-order valence-corrected chi connectivity index (χ1v) is 9.05. The highest BCUT2D eigenvalue weighted by molar-refractivity contribution is 5.89. The molecule has 0 aromatic heterocycles. The number of carbonyl (C=O) groups excluding carboxylic acids is 2. The molecule has 2 heterocycles. The number of amides is 3. The van der Waals surface area contributed by atoms with Crippen LogP contribution >= 0.6 is 0 Å². The minimum atomic E-state index is -0.934. The molecule has 0 saturated carbocycles. The molecule has 3 amide bonds. The molecule has 2 aliphatic rings. The third kappa shape index (κ3) is 3.52. The summed E-state index contributed by atoms with van der Waals surface area (Å²) in [6, 6.07) is 6.59. The Balaban J connectivity index is 1.79. The van der Waals surface area contributed by atoms with Gasteiger partial charge in [-0.1, -0.05) is 24.3 Å². The summed E-state index contributed by atoms with van der Waals surface area (Å²) < 4.78 is 0. The molecule has 1 aromatic carbocycles. The van der Waals surface area contributed by atoms with E-state index in [0.29, 0.717) is 19.5 Å². The topological polar surface area (TPSA) is 90.0 Å². The number of urea groups is 1. The molecule has 7 nitrogen and oxygen atoms in total. The summed E-state index contributed by atoms with van der Waals surface area (Å²) >= 11 is 0. The Hall–Kier alpha value is -2.57. The number of benzene rings is 1. The average Bonchev–Trinajstić information content (AvgIpc) is 3.09. The zero-order chi connectivity index (χ0) is 18.8. The van der Waals surface area contributed by atoms with E-state index >= 15 is 0 Å². The highest BCUT2D eigenvalue weighted by atomic mass is 16.4. The minimum absolute atomic E-state index is 0.00268. The number of likely N-dealkylation sites (tertiary alicyclic amines) is 1. The van der Waals surface area contributed by atoms with E-state index in [1.165, 1.54) is 0 Å². The summed E-state index contributed by atoms with van der Waals surface area (Å²) in [6.45, 7) is 4.83. The third-order valence-electron chi connectivity index (χ3n) is 5.02. The molecule has 0 spiro atoms. The molecule has 2 aliphatic heterocycles. The molecule has 1 unspecified atom stereocenters. The number of aliphatic carboxylic acids is 1.